The summed E-state index contributed by atoms with van der Waals surface area (Å²) in [5.41, 5.74) is 8.07. The van der Waals surface area contributed by atoms with Crippen molar-refractivity contribution in [1.29, 1.82) is 0 Å². The Hall–Kier alpha value is -3.32. The van der Waals surface area contributed by atoms with Gasteiger partial charge in [-0.25, -0.2) is 0 Å². The fourth-order valence-corrected chi connectivity index (χ4v) is 4.63. The molecule has 128 valence electrons. The molecule has 0 bridgehead atoms. The zero-order valence-electron chi connectivity index (χ0n) is 14.9. The van der Waals surface area contributed by atoms with E-state index in [9.17, 15) is 0 Å². The van der Waals surface area contributed by atoms with Crippen LogP contribution in [-0.2, 0) is 6.42 Å². The summed E-state index contributed by atoms with van der Waals surface area (Å²) >= 11 is 0. The van der Waals surface area contributed by atoms with E-state index in [4.69, 9.17) is 4.74 Å². The second-order valence-electron chi connectivity index (χ2n) is 7.27. The van der Waals surface area contributed by atoms with Crippen LogP contribution in [0.3, 0.4) is 0 Å². The average molecular weight is 346 g/mol. The third-order valence-electron chi connectivity index (χ3n) is 5.80. The van der Waals surface area contributed by atoms with Crippen LogP contribution in [-0.4, -0.2) is 0 Å². The second kappa shape index (κ2) is 5.59. The highest BCUT2D eigenvalue weighted by atomic mass is 16.5. The third kappa shape index (κ3) is 2.12. The number of benzene rings is 4. The van der Waals surface area contributed by atoms with Gasteiger partial charge in [-0.1, -0.05) is 72.8 Å². The highest BCUT2D eigenvalue weighted by molar-refractivity contribution is 6.09. The van der Waals surface area contributed by atoms with Gasteiger partial charge in [0.25, 0.3) is 0 Å². The fourth-order valence-electron chi connectivity index (χ4n) is 4.63. The molecule has 0 unspecified atom stereocenters. The zero-order valence-corrected chi connectivity index (χ0v) is 14.9. The Labute approximate surface area is 158 Å². The van der Waals surface area contributed by atoms with Crippen molar-refractivity contribution in [3.8, 4) is 11.5 Å². The van der Waals surface area contributed by atoms with Gasteiger partial charge in [-0.2, -0.15) is 0 Å². The lowest BCUT2D eigenvalue weighted by Crippen LogP contribution is -2.04. The Balaban J connectivity index is 1.75. The maximum absolute atomic E-state index is 6.21. The Morgan fingerprint density at radius 2 is 1.26 bits per heavy atom. The summed E-state index contributed by atoms with van der Waals surface area (Å²) in [6.07, 6.45) is 2.17. The molecule has 1 aliphatic carbocycles. The average Bonchev–Trinajstić information content (AvgIpc) is 3.16. The van der Waals surface area contributed by atoms with Gasteiger partial charge in [-0.15, -0.1) is 0 Å². The predicted octanol–water partition coefficient (Wildman–Crippen LogP) is 6.85. The van der Waals surface area contributed by atoms with E-state index < -0.39 is 0 Å². The van der Waals surface area contributed by atoms with E-state index in [0.717, 1.165) is 24.3 Å². The molecule has 0 saturated carbocycles. The van der Waals surface area contributed by atoms with Gasteiger partial charge in [-0.3, -0.25) is 0 Å². The highest BCUT2D eigenvalue weighted by Crippen LogP contribution is 2.50. The number of rotatable bonds is 0. The maximum atomic E-state index is 6.21. The van der Waals surface area contributed by atoms with Crippen molar-refractivity contribution < 1.29 is 4.74 Å². The maximum Gasteiger partial charge on any atom is 0.135 e. The minimum Gasteiger partial charge on any atom is -0.456 e. The van der Waals surface area contributed by atoms with E-state index in [0.29, 0.717) is 0 Å². The summed E-state index contributed by atoms with van der Waals surface area (Å²) in [5, 5.41) is 2.67. The Morgan fingerprint density at radius 3 is 2.04 bits per heavy atom. The van der Waals surface area contributed by atoms with Crippen LogP contribution in [0.15, 0.2) is 84.9 Å². The topological polar surface area (TPSA) is 9.23 Å². The molecule has 0 spiro atoms. The predicted molar refractivity (Wildman–Crippen MR) is 111 cm³/mol. The number of para-hydroxylation sites is 2. The Bertz CT molecular complexity index is 1200. The van der Waals surface area contributed by atoms with Crippen molar-refractivity contribution in [2.75, 3.05) is 0 Å². The van der Waals surface area contributed by atoms with E-state index in [1.165, 1.54) is 44.2 Å². The van der Waals surface area contributed by atoms with E-state index >= 15 is 0 Å². The Kier molecular flexibility index (Phi) is 3.06. The van der Waals surface area contributed by atoms with E-state index in [1.54, 1.807) is 0 Å². The molecule has 0 amide bonds. The second-order valence-corrected chi connectivity index (χ2v) is 7.27. The van der Waals surface area contributed by atoms with Crippen LogP contribution >= 0.6 is 0 Å². The van der Waals surface area contributed by atoms with Crippen LogP contribution in [0.4, 0.5) is 0 Å². The van der Waals surface area contributed by atoms with Crippen LogP contribution in [0.25, 0.3) is 21.9 Å². The van der Waals surface area contributed by atoms with E-state index in [2.05, 4.69) is 72.8 Å². The first-order valence-electron chi connectivity index (χ1n) is 9.51. The molecule has 0 atom stereocenters. The minimum atomic E-state index is 0.951. The monoisotopic (exact) mass is 346 g/mol. The molecule has 1 heteroatoms. The van der Waals surface area contributed by atoms with Gasteiger partial charge < -0.3 is 4.74 Å². The number of hydrogen-bond donors (Lipinski definition) is 0. The SMILES string of the molecule is c1ccc2c(c1)Oc1ccccc1C2=C1CCc2ccc3ccccc3c21. The summed E-state index contributed by atoms with van der Waals surface area (Å²) in [7, 11) is 0. The smallest absolute Gasteiger partial charge is 0.135 e. The molecule has 0 N–H and O–H groups in total. The largest absolute Gasteiger partial charge is 0.456 e. The molecule has 0 saturated heterocycles. The molecular formula is C26H18O. The fraction of sp³-hybridized carbons (Fsp3) is 0.0769. The summed E-state index contributed by atoms with van der Waals surface area (Å²) in [6.45, 7) is 0. The van der Waals surface area contributed by atoms with Gasteiger partial charge >= 0.3 is 0 Å². The van der Waals surface area contributed by atoms with Crippen LogP contribution in [0, 0.1) is 0 Å². The van der Waals surface area contributed by atoms with Crippen molar-refractivity contribution >= 4 is 21.9 Å². The van der Waals surface area contributed by atoms with Crippen LogP contribution in [0.1, 0.15) is 28.7 Å². The lowest BCUT2D eigenvalue weighted by atomic mass is 9.86. The molecule has 27 heavy (non-hydrogen) atoms. The first-order valence-corrected chi connectivity index (χ1v) is 9.51. The zero-order chi connectivity index (χ0) is 17.8. The normalized spacial score (nSPS) is 14.5. The number of fused-ring (bicyclic) bond motifs is 5. The molecule has 0 aromatic heterocycles. The van der Waals surface area contributed by atoms with Crippen molar-refractivity contribution in [1.82, 2.24) is 0 Å². The summed E-state index contributed by atoms with van der Waals surface area (Å²) in [5.74, 6) is 1.90. The van der Waals surface area contributed by atoms with Gasteiger partial charge in [0.2, 0.25) is 0 Å². The lowest BCUT2D eigenvalue weighted by molar-refractivity contribution is 0.474. The van der Waals surface area contributed by atoms with Gasteiger partial charge in [-0.05, 0) is 52.4 Å². The highest BCUT2D eigenvalue weighted by Gasteiger charge is 2.28. The molecule has 1 aliphatic heterocycles. The van der Waals surface area contributed by atoms with Crippen molar-refractivity contribution in [3.05, 3.63) is 107 Å². The molecule has 0 radical (unpaired) electrons. The quantitative estimate of drug-likeness (QED) is 0.298. The van der Waals surface area contributed by atoms with E-state index in [-0.39, 0.29) is 0 Å². The van der Waals surface area contributed by atoms with E-state index in [1.807, 2.05) is 12.1 Å². The van der Waals surface area contributed by atoms with Gasteiger partial charge in [0.1, 0.15) is 11.5 Å². The van der Waals surface area contributed by atoms with Crippen LogP contribution in [0.2, 0.25) is 0 Å². The third-order valence-corrected chi connectivity index (χ3v) is 5.80. The molecule has 1 nitrogen and oxygen atoms in total. The molecular weight excluding hydrogens is 328 g/mol. The van der Waals surface area contributed by atoms with Gasteiger partial charge in [0.15, 0.2) is 0 Å². The van der Waals surface area contributed by atoms with Gasteiger partial charge in [0, 0.05) is 16.7 Å². The molecule has 1 heterocycles. The molecule has 6 rings (SSSR count). The molecule has 4 aromatic carbocycles. The molecule has 4 aromatic rings. The van der Waals surface area contributed by atoms with Crippen molar-refractivity contribution in [2.24, 2.45) is 0 Å². The number of ether oxygens (including phenoxy) is 1. The van der Waals surface area contributed by atoms with Crippen LogP contribution < -0.4 is 4.74 Å². The first kappa shape index (κ1) is 14.8. The standard InChI is InChI=1S/C26H18O/c1-2-8-19-17(7-1)13-14-18-15-16-22(25(18)19)26-20-9-3-5-11-23(20)27-24-12-6-4-10-21(24)26/h1-14H,15-16H2. The molecule has 0 fully saturated rings. The summed E-state index contributed by atoms with van der Waals surface area (Å²) in [6, 6.07) is 30.1. The minimum absolute atomic E-state index is 0.951. The van der Waals surface area contributed by atoms with Gasteiger partial charge in [0.05, 0.1) is 0 Å². The number of allylic oxidation sites excluding steroid dienone is 1. The number of aryl methyl sites for hydroxylation is 1. The lowest BCUT2D eigenvalue weighted by Gasteiger charge is -2.25. The first-order chi connectivity index (χ1) is 13.4. The Morgan fingerprint density at radius 1 is 0.593 bits per heavy atom. The summed E-state index contributed by atoms with van der Waals surface area (Å²) in [4.78, 5) is 0. The van der Waals surface area contributed by atoms with Crippen molar-refractivity contribution in [3.63, 3.8) is 0 Å². The summed E-state index contributed by atoms with van der Waals surface area (Å²) < 4.78 is 6.21. The molecule has 2 aliphatic rings. The number of hydrogen-bond acceptors (Lipinski definition) is 1. The van der Waals surface area contributed by atoms with Crippen LogP contribution in [0.5, 0.6) is 11.5 Å². The van der Waals surface area contributed by atoms with Crippen molar-refractivity contribution in [2.45, 2.75) is 12.8 Å².